The van der Waals surface area contributed by atoms with Crippen molar-refractivity contribution in [1.82, 2.24) is 0 Å². The number of ether oxygens (including phenoxy) is 3. The van der Waals surface area contributed by atoms with Gasteiger partial charge >= 0.3 is 12.1 Å². The van der Waals surface area contributed by atoms with Crippen molar-refractivity contribution in [3.63, 3.8) is 0 Å². The van der Waals surface area contributed by atoms with Crippen LogP contribution in [0.15, 0.2) is 42.5 Å². The lowest BCUT2D eigenvalue weighted by atomic mass is 10.1. The molecule has 0 saturated carbocycles. The molecule has 6 nitrogen and oxygen atoms in total. The molecule has 0 radical (unpaired) electrons. The van der Waals surface area contributed by atoms with Crippen LogP contribution in [-0.4, -0.2) is 31.7 Å². The summed E-state index contributed by atoms with van der Waals surface area (Å²) in [5.74, 6) is -0.613. The number of hydrogen-bond acceptors (Lipinski definition) is 5. The smallest absolute Gasteiger partial charge is 0.418 e. The van der Waals surface area contributed by atoms with E-state index in [4.69, 9.17) is 14.2 Å². The molecule has 1 amide bonds. The number of esters is 1. The van der Waals surface area contributed by atoms with Crippen LogP contribution in [0.25, 0.3) is 0 Å². The molecule has 0 fully saturated rings. The Morgan fingerprint density at radius 3 is 2.39 bits per heavy atom. The van der Waals surface area contributed by atoms with Gasteiger partial charge in [0.05, 0.1) is 30.0 Å². The van der Waals surface area contributed by atoms with Gasteiger partial charge in [0.2, 0.25) is 0 Å². The number of amides is 1. The molecule has 0 spiro atoms. The Labute approximate surface area is 178 Å². The minimum absolute atomic E-state index is 0.115. The fourth-order valence-electron chi connectivity index (χ4n) is 2.52. The second kappa shape index (κ2) is 10.7. The first-order chi connectivity index (χ1) is 14.6. The average Bonchev–Trinajstić information content (AvgIpc) is 2.70. The van der Waals surface area contributed by atoms with Gasteiger partial charge in [-0.1, -0.05) is 26.0 Å². The number of halogens is 3. The van der Waals surface area contributed by atoms with E-state index in [1.807, 2.05) is 13.8 Å². The van der Waals surface area contributed by atoms with Gasteiger partial charge in [-0.3, -0.25) is 4.79 Å². The summed E-state index contributed by atoms with van der Waals surface area (Å²) < 4.78 is 55.1. The van der Waals surface area contributed by atoms with Gasteiger partial charge in [-0.15, -0.1) is 0 Å². The summed E-state index contributed by atoms with van der Waals surface area (Å²) in [6, 6.07) is 8.98. The topological polar surface area (TPSA) is 73.9 Å². The van der Waals surface area contributed by atoms with Crippen molar-refractivity contribution in [3.8, 4) is 11.5 Å². The lowest BCUT2D eigenvalue weighted by Gasteiger charge is -2.15. The molecular weight excluding hydrogens is 415 g/mol. The van der Waals surface area contributed by atoms with Crippen LogP contribution < -0.4 is 14.8 Å². The molecule has 2 rings (SSSR count). The van der Waals surface area contributed by atoms with Crippen LogP contribution in [-0.2, 0) is 15.7 Å². The van der Waals surface area contributed by atoms with Crippen molar-refractivity contribution in [2.24, 2.45) is 5.92 Å². The Morgan fingerprint density at radius 2 is 1.74 bits per heavy atom. The summed E-state index contributed by atoms with van der Waals surface area (Å²) in [4.78, 5) is 24.3. The van der Waals surface area contributed by atoms with E-state index in [0.717, 1.165) is 12.1 Å². The van der Waals surface area contributed by atoms with Crippen molar-refractivity contribution in [3.05, 3.63) is 53.6 Å². The monoisotopic (exact) mass is 439 g/mol. The van der Waals surface area contributed by atoms with Crippen LogP contribution in [0.1, 0.15) is 36.7 Å². The fraction of sp³-hybridized carbons (Fsp3) is 0.364. The maximum absolute atomic E-state index is 13.0. The van der Waals surface area contributed by atoms with Gasteiger partial charge in [-0.2, -0.15) is 13.2 Å². The number of anilines is 1. The van der Waals surface area contributed by atoms with E-state index in [-0.39, 0.29) is 5.56 Å². The summed E-state index contributed by atoms with van der Waals surface area (Å²) >= 11 is 0. The Kier molecular flexibility index (Phi) is 8.30. The van der Waals surface area contributed by atoms with E-state index in [0.29, 0.717) is 30.6 Å². The van der Waals surface area contributed by atoms with Crippen molar-refractivity contribution < 1.29 is 37.0 Å². The molecule has 9 heteroatoms. The predicted octanol–water partition coefficient (Wildman–Crippen LogP) is 4.93. The molecule has 0 aliphatic carbocycles. The third kappa shape index (κ3) is 7.20. The van der Waals surface area contributed by atoms with E-state index < -0.39 is 35.9 Å². The molecule has 31 heavy (non-hydrogen) atoms. The zero-order chi connectivity index (χ0) is 23.0. The second-order valence-electron chi connectivity index (χ2n) is 6.97. The lowest BCUT2D eigenvalue weighted by Crippen LogP contribution is -2.22. The van der Waals surface area contributed by atoms with Crippen molar-refractivity contribution >= 4 is 17.6 Å². The number of alkyl halides is 3. The maximum Gasteiger partial charge on any atom is 0.418 e. The summed E-state index contributed by atoms with van der Waals surface area (Å²) in [5, 5.41) is 2.11. The van der Waals surface area contributed by atoms with E-state index in [1.165, 1.54) is 24.3 Å². The van der Waals surface area contributed by atoms with Gasteiger partial charge in [0, 0.05) is 0 Å². The van der Waals surface area contributed by atoms with Gasteiger partial charge in [0.1, 0.15) is 0 Å². The molecule has 0 aliphatic rings. The number of hydrogen-bond donors (Lipinski definition) is 1. The standard InChI is InChI=1S/C22H24F3NO5/c1-4-29-19-11-15(9-10-18(19)30-12-14(2)3)21(28)31-13-20(27)26-17-8-6-5-7-16(17)22(23,24)25/h5-11,14H,4,12-13H2,1-3H3,(H,26,27). The molecule has 0 aromatic heterocycles. The molecular formula is C22H24F3NO5. The molecule has 0 aliphatic heterocycles. The second-order valence-corrected chi connectivity index (χ2v) is 6.97. The minimum Gasteiger partial charge on any atom is -0.490 e. The van der Waals surface area contributed by atoms with Gasteiger partial charge in [-0.05, 0) is 43.2 Å². The zero-order valence-corrected chi connectivity index (χ0v) is 17.4. The average molecular weight is 439 g/mol. The van der Waals surface area contributed by atoms with Crippen LogP contribution in [0, 0.1) is 5.92 Å². The molecule has 168 valence electrons. The Hall–Kier alpha value is -3.23. The van der Waals surface area contributed by atoms with Crippen LogP contribution in [0.5, 0.6) is 11.5 Å². The normalized spacial score (nSPS) is 11.2. The van der Waals surface area contributed by atoms with Crippen molar-refractivity contribution in [1.29, 1.82) is 0 Å². The molecule has 0 heterocycles. The first-order valence-corrected chi connectivity index (χ1v) is 9.64. The van der Waals surface area contributed by atoms with Crippen LogP contribution >= 0.6 is 0 Å². The van der Waals surface area contributed by atoms with Crippen LogP contribution in [0.4, 0.5) is 18.9 Å². The molecule has 2 aromatic rings. The summed E-state index contributed by atoms with van der Waals surface area (Å²) in [6.07, 6.45) is -4.63. The highest BCUT2D eigenvalue weighted by Crippen LogP contribution is 2.34. The van der Waals surface area contributed by atoms with Gasteiger partial charge < -0.3 is 19.5 Å². The van der Waals surface area contributed by atoms with Gasteiger partial charge in [-0.25, -0.2) is 4.79 Å². The summed E-state index contributed by atoms with van der Waals surface area (Å²) in [7, 11) is 0. The quantitative estimate of drug-likeness (QED) is 0.561. The summed E-state index contributed by atoms with van der Waals surface area (Å²) in [6.45, 7) is 5.82. The van der Waals surface area contributed by atoms with E-state index in [1.54, 1.807) is 13.0 Å². The highest BCUT2D eigenvalue weighted by Gasteiger charge is 2.33. The number of rotatable bonds is 9. The molecule has 0 bridgehead atoms. The number of nitrogens with one attached hydrogen (secondary N) is 1. The number of carbonyl (C=O) groups is 2. The molecule has 2 aromatic carbocycles. The zero-order valence-electron chi connectivity index (χ0n) is 17.4. The first kappa shape index (κ1) is 24.0. The molecule has 0 atom stereocenters. The fourth-order valence-corrected chi connectivity index (χ4v) is 2.52. The van der Waals surface area contributed by atoms with Gasteiger partial charge in [0.25, 0.3) is 5.91 Å². The highest BCUT2D eigenvalue weighted by atomic mass is 19.4. The minimum atomic E-state index is -4.63. The lowest BCUT2D eigenvalue weighted by molar-refractivity contribution is -0.137. The van der Waals surface area contributed by atoms with E-state index >= 15 is 0 Å². The number of para-hydroxylation sites is 1. The Bertz CT molecular complexity index is 912. The number of carbonyl (C=O) groups excluding carboxylic acids is 2. The van der Waals surface area contributed by atoms with Crippen molar-refractivity contribution in [2.45, 2.75) is 26.9 Å². The molecule has 1 N–H and O–H groups in total. The third-order valence-corrected chi connectivity index (χ3v) is 3.89. The molecule has 0 saturated heterocycles. The Balaban J connectivity index is 2.02. The SMILES string of the molecule is CCOc1cc(C(=O)OCC(=O)Nc2ccccc2C(F)(F)F)ccc1OCC(C)C. The van der Waals surface area contributed by atoms with Crippen LogP contribution in [0.2, 0.25) is 0 Å². The largest absolute Gasteiger partial charge is 0.490 e. The third-order valence-electron chi connectivity index (χ3n) is 3.89. The first-order valence-electron chi connectivity index (χ1n) is 9.64. The van der Waals surface area contributed by atoms with E-state index in [2.05, 4.69) is 5.32 Å². The molecule has 0 unspecified atom stereocenters. The van der Waals surface area contributed by atoms with Crippen molar-refractivity contribution in [2.75, 3.05) is 25.1 Å². The summed E-state index contributed by atoms with van der Waals surface area (Å²) in [5.41, 5.74) is -1.29. The maximum atomic E-state index is 13.0. The predicted molar refractivity (Wildman–Crippen MR) is 108 cm³/mol. The van der Waals surface area contributed by atoms with E-state index in [9.17, 15) is 22.8 Å². The van der Waals surface area contributed by atoms with Gasteiger partial charge in [0.15, 0.2) is 18.1 Å². The number of benzene rings is 2. The van der Waals surface area contributed by atoms with Crippen LogP contribution in [0.3, 0.4) is 0 Å². The highest BCUT2D eigenvalue weighted by molar-refractivity contribution is 5.96. The Morgan fingerprint density at radius 1 is 1.03 bits per heavy atom.